The van der Waals surface area contributed by atoms with Crippen LogP contribution in [0.25, 0.3) is 0 Å². The van der Waals surface area contributed by atoms with Gasteiger partial charge in [0.2, 0.25) is 0 Å². The van der Waals surface area contributed by atoms with Crippen molar-refractivity contribution >= 4 is 59.7 Å². The molecule has 11 heavy (non-hydrogen) atoms. The van der Waals surface area contributed by atoms with Gasteiger partial charge in [0, 0.05) is 0 Å². The molecule has 3 N–H and O–H groups in total. The molecule has 0 aliphatic heterocycles. The monoisotopic (exact) mass is 209 g/mol. The number of hydrogen-bond acceptors (Lipinski definition) is 3. The first-order valence-corrected chi connectivity index (χ1v) is 4.05. The summed E-state index contributed by atoms with van der Waals surface area (Å²) in [6, 6.07) is -0.683. The van der Waals surface area contributed by atoms with Crippen molar-refractivity contribution in [2.45, 2.75) is 12.5 Å². The van der Waals surface area contributed by atoms with Gasteiger partial charge in [0.1, 0.15) is 6.04 Å². The number of halogens is 1. The first-order valence-electron chi connectivity index (χ1n) is 2.65. The summed E-state index contributed by atoms with van der Waals surface area (Å²) in [5.74, 6) is -0.1000. The first-order chi connectivity index (χ1) is 4.18. The SMILES string of the molecule is CSCC[C@H](N)C(=O)O.Cl.[NaH]. The molecule has 0 saturated heterocycles. The molecule has 0 aromatic heterocycles. The molecule has 0 saturated carbocycles. The second-order valence-electron chi connectivity index (χ2n) is 1.73. The van der Waals surface area contributed by atoms with Gasteiger partial charge in [-0.05, 0) is 18.4 Å². The topological polar surface area (TPSA) is 63.3 Å². The van der Waals surface area contributed by atoms with Crippen LogP contribution in [0, 0.1) is 0 Å². The molecule has 0 fully saturated rings. The molecular formula is C5H13ClNNaO2S. The molecule has 0 rings (SSSR count). The third kappa shape index (κ3) is 11.1. The molecule has 64 valence electrons. The van der Waals surface area contributed by atoms with Crippen molar-refractivity contribution in [2.75, 3.05) is 12.0 Å². The van der Waals surface area contributed by atoms with Crippen LogP contribution in [0.3, 0.4) is 0 Å². The molecule has 6 heteroatoms. The molecule has 0 unspecified atom stereocenters. The van der Waals surface area contributed by atoms with E-state index >= 15 is 0 Å². The summed E-state index contributed by atoms with van der Waals surface area (Å²) in [4.78, 5) is 10.1. The van der Waals surface area contributed by atoms with Gasteiger partial charge in [-0.2, -0.15) is 11.8 Å². The first kappa shape index (κ1) is 18.0. The number of carboxylic acids is 1. The fraction of sp³-hybridized carbons (Fsp3) is 0.800. The summed E-state index contributed by atoms with van der Waals surface area (Å²) in [5, 5.41) is 8.27. The van der Waals surface area contributed by atoms with Crippen LogP contribution in [0.2, 0.25) is 0 Å². The predicted molar refractivity (Wildman–Crippen MR) is 53.0 cm³/mol. The van der Waals surface area contributed by atoms with Crippen molar-refractivity contribution in [2.24, 2.45) is 5.73 Å². The molecule has 0 aromatic carbocycles. The predicted octanol–water partition coefficient (Wildman–Crippen LogP) is -0.0753. The summed E-state index contributed by atoms with van der Waals surface area (Å²) in [6.07, 6.45) is 2.48. The third-order valence-electron chi connectivity index (χ3n) is 0.950. The normalized spacial score (nSPS) is 10.7. The van der Waals surface area contributed by atoms with E-state index in [-0.39, 0.29) is 42.0 Å². The Bertz CT molecular complexity index is 106. The van der Waals surface area contributed by atoms with Gasteiger partial charge in [-0.3, -0.25) is 4.79 Å². The number of carboxylic acid groups (broad SMARTS) is 1. The molecule has 0 aromatic rings. The zero-order chi connectivity index (χ0) is 7.28. The fourth-order valence-electron chi connectivity index (χ4n) is 0.368. The molecule has 0 aliphatic carbocycles. The second kappa shape index (κ2) is 11.1. The van der Waals surface area contributed by atoms with E-state index in [2.05, 4.69) is 0 Å². The van der Waals surface area contributed by atoms with E-state index in [1.807, 2.05) is 6.26 Å². The van der Waals surface area contributed by atoms with Crippen molar-refractivity contribution in [1.29, 1.82) is 0 Å². The number of carbonyl (C=O) groups is 1. The molecule has 0 amide bonds. The van der Waals surface area contributed by atoms with E-state index in [1.54, 1.807) is 11.8 Å². The van der Waals surface area contributed by atoms with E-state index in [0.717, 1.165) is 5.75 Å². The van der Waals surface area contributed by atoms with Crippen LogP contribution >= 0.6 is 24.2 Å². The average molecular weight is 210 g/mol. The van der Waals surface area contributed by atoms with Gasteiger partial charge in [-0.15, -0.1) is 12.4 Å². The number of nitrogens with two attached hydrogens (primary N) is 1. The van der Waals surface area contributed by atoms with Crippen LogP contribution < -0.4 is 5.73 Å². The quantitative estimate of drug-likeness (QED) is 0.636. The summed E-state index contributed by atoms with van der Waals surface area (Å²) in [7, 11) is 0. The number of thioether (sulfide) groups is 1. The Morgan fingerprint density at radius 2 is 2.18 bits per heavy atom. The van der Waals surface area contributed by atoms with Crippen LogP contribution in [0.5, 0.6) is 0 Å². The van der Waals surface area contributed by atoms with Gasteiger partial charge in [0.25, 0.3) is 0 Å². The van der Waals surface area contributed by atoms with Crippen molar-refractivity contribution in [3.05, 3.63) is 0 Å². The molecule has 0 spiro atoms. The van der Waals surface area contributed by atoms with Crippen molar-refractivity contribution in [3.63, 3.8) is 0 Å². The molecule has 3 nitrogen and oxygen atoms in total. The standard InChI is InChI=1S/C5H11NO2S.ClH.Na.H/c1-9-3-2-4(6)5(7)8;;;/h4H,2-3,6H2,1H3,(H,7,8);1H;;/t4-;;;/m0.../s1. The van der Waals surface area contributed by atoms with Gasteiger partial charge in [-0.1, -0.05) is 0 Å². The van der Waals surface area contributed by atoms with Crippen molar-refractivity contribution in [1.82, 2.24) is 0 Å². The van der Waals surface area contributed by atoms with E-state index in [1.165, 1.54) is 0 Å². The number of hydrogen-bond donors (Lipinski definition) is 2. The van der Waals surface area contributed by atoms with Gasteiger partial charge >= 0.3 is 35.5 Å². The molecular weight excluding hydrogens is 197 g/mol. The maximum absolute atomic E-state index is 10.1. The summed E-state index contributed by atoms with van der Waals surface area (Å²) in [6.45, 7) is 0. The van der Waals surface area contributed by atoms with Gasteiger partial charge in [0.15, 0.2) is 0 Å². The van der Waals surface area contributed by atoms with Crippen molar-refractivity contribution in [3.8, 4) is 0 Å². The Hall–Kier alpha value is 1.07. The molecule has 0 radical (unpaired) electrons. The minimum atomic E-state index is -0.913. The molecule has 0 heterocycles. The Morgan fingerprint density at radius 1 is 1.73 bits per heavy atom. The van der Waals surface area contributed by atoms with Crippen molar-refractivity contribution < 1.29 is 9.90 Å². The zero-order valence-electron chi connectivity index (χ0n) is 5.74. The van der Waals surface area contributed by atoms with Gasteiger partial charge in [0.05, 0.1) is 0 Å². The zero-order valence-corrected chi connectivity index (χ0v) is 7.37. The van der Waals surface area contributed by atoms with E-state index in [0.29, 0.717) is 6.42 Å². The summed E-state index contributed by atoms with van der Waals surface area (Å²) in [5.41, 5.74) is 5.19. The summed E-state index contributed by atoms with van der Waals surface area (Å²) >= 11 is 1.60. The summed E-state index contributed by atoms with van der Waals surface area (Å²) < 4.78 is 0. The van der Waals surface area contributed by atoms with Gasteiger partial charge in [-0.25, -0.2) is 0 Å². The number of aliphatic carboxylic acids is 1. The Balaban J connectivity index is -0.000000320. The van der Waals surface area contributed by atoms with Crippen LogP contribution in [0.15, 0.2) is 0 Å². The van der Waals surface area contributed by atoms with Crippen LogP contribution in [-0.2, 0) is 4.79 Å². The fourth-order valence-corrected chi connectivity index (χ4v) is 0.858. The Labute approximate surface area is 99.2 Å². The Morgan fingerprint density at radius 3 is 2.45 bits per heavy atom. The number of rotatable bonds is 4. The Kier molecular flexibility index (Phi) is 18.1. The van der Waals surface area contributed by atoms with Crippen LogP contribution in [0.1, 0.15) is 6.42 Å². The van der Waals surface area contributed by atoms with E-state index < -0.39 is 12.0 Å². The van der Waals surface area contributed by atoms with E-state index in [4.69, 9.17) is 10.8 Å². The molecule has 1 atom stereocenters. The van der Waals surface area contributed by atoms with Gasteiger partial charge < -0.3 is 10.8 Å². The third-order valence-corrected chi connectivity index (χ3v) is 1.59. The van der Waals surface area contributed by atoms with Crippen LogP contribution in [-0.4, -0.2) is 58.7 Å². The van der Waals surface area contributed by atoms with Crippen LogP contribution in [0.4, 0.5) is 0 Å². The maximum atomic E-state index is 10.1. The molecule has 0 bridgehead atoms. The molecule has 0 aliphatic rings. The van der Waals surface area contributed by atoms with E-state index in [9.17, 15) is 4.79 Å². The minimum absolute atomic E-state index is 0. The second-order valence-corrected chi connectivity index (χ2v) is 2.71. The average Bonchev–Trinajstić information content (AvgIpc) is 1.82.